The lowest BCUT2D eigenvalue weighted by molar-refractivity contribution is 0.419. The molecule has 1 rings (SSSR count). The zero-order valence-electron chi connectivity index (χ0n) is 6.10. The van der Waals surface area contributed by atoms with E-state index in [1.165, 1.54) is 12.1 Å². The summed E-state index contributed by atoms with van der Waals surface area (Å²) in [5.41, 5.74) is 0. The topological polar surface area (TPSA) is 80.9 Å². The van der Waals surface area contributed by atoms with E-state index in [1.807, 2.05) is 0 Å². The Morgan fingerprint density at radius 1 is 0.750 bits per heavy atom. The van der Waals surface area contributed by atoms with Gasteiger partial charge in [0, 0.05) is 0 Å². The molecular weight excluding hydrogens is 192 g/mol. The molecule has 0 saturated heterocycles. The highest BCUT2D eigenvalue weighted by atomic mass is 28.3. The first-order valence-corrected chi connectivity index (χ1v) is 6.01. The van der Waals surface area contributed by atoms with E-state index >= 15 is 0 Å². The average Bonchev–Trinajstić information content (AvgIpc) is 2.04. The second kappa shape index (κ2) is 3.94. The highest BCUT2D eigenvalue weighted by Gasteiger charge is 2.20. The van der Waals surface area contributed by atoms with Crippen molar-refractivity contribution in [3.63, 3.8) is 0 Å². The van der Waals surface area contributed by atoms with Gasteiger partial charge >= 0.3 is 18.6 Å². The summed E-state index contributed by atoms with van der Waals surface area (Å²) in [5, 5.41) is 0.503. The Balaban J connectivity index is 3.09. The first-order chi connectivity index (χ1) is 5.63. The molecule has 0 bridgehead atoms. The molecule has 1 aromatic rings. The minimum atomic E-state index is -2.58. The quantitative estimate of drug-likeness (QED) is 0.385. The van der Waals surface area contributed by atoms with Crippen molar-refractivity contribution in [1.29, 1.82) is 0 Å². The summed E-state index contributed by atoms with van der Waals surface area (Å²) >= 11 is 0. The predicted molar refractivity (Wildman–Crippen MR) is 46.1 cm³/mol. The first-order valence-electron chi connectivity index (χ1n) is 3.22. The van der Waals surface area contributed by atoms with Crippen LogP contribution >= 0.6 is 0 Å². The van der Waals surface area contributed by atoms with E-state index in [2.05, 4.69) is 0 Å². The summed E-state index contributed by atoms with van der Waals surface area (Å²) in [6, 6.07) is 6.23. The Morgan fingerprint density at radius 3 is 1.33 bits per heavy atom. The Morgan fingerprint density at radius 2 is 1.08 bits per heavy atom. The van der Waals surface area contributed by atoms with Crippen molar-refractivity contribution in [1.82, 2.24) is 0 Å². The SMILES string of the molecule is O[Si](O)c1ccccc1[Si](O)O. The third kappa shape index (κ3) is 2.00. The maximum Gasteiger partial charge on any atom is 0.417 e. The third-order valence-electron chi connectivity index (χ3n) is 1.41. The van der Waals surface area contributed by atoms with Gasteiger partial charge in [-0.05, 0) is 10.4 Å². The molecule has 0 aromatic heterocycles. The summed E-state index contributed by atoms with van der Waals surface area (Å²) in [6.07, 6.45) is 0. The van der Waals surface area contributed by atoms with E-state index in [-0.39, 0.29) is 10.4 Å². The highest BCUT2D eigenvalue weighted by Crippen LogP contribution is 1.83. The number of hydrogen-bond donors (Lipinski definition) is 4. The van der Waals surface area contributed by atoms with Gasteiger partial charge in [-0.15, -0.1) is 0 Å². The lowest BCUT2D eigenvalue weighted by Crippen LogP contribution is -2.49. The minimum absolute atomic E-state index is 0.251. The van der Waals surface area contributed by atoms with E-state index < -0.39 is 18.6 Å². The highest BCUT2D eigenvalue weighted by molar-refractivity contribution is 6.71. The first kappa shape index (κ1) is 9.58. The fourth-order valence-electron chi connectivity index (χ4n) is 0.873. The Labute approximate surface area is 73.1 Å². The van der Waals surface area contributed by atoms with Gasteiger partial charge in [-0.3, -0.25) is 0 Å². The van der Waals surface area contributed by atoms with Crippen molar-refractivity contribution in [2.24, 2.45) is 0 Å². The molecule has 0 fully saturated rings. The van der Waals surface area contributed by atoms with Crippen LogP contribution in [0, 0.1) is 0 Å². The zero-order chi connectivity index (χ0) is 9.14. The summed E-state index contributed by atoms with van der Waals surface area (Å²) < 4.78 is 0. The molecule has 2 radical (unpaired) electrons. The molecule has 0 unspecified atom stereocenters. The summed E-state index contributed by atoms with van der Waals surface area (Å²) in [7, 11) is -5.16. The van der Waals surface area contributed by atoms with Gasteiger partial charge in [0.15, 0.2) is 0 Å². The largest absolute Gasteiger partial charge is 0.417 e. The van der Waals surface area contributed by atoms with Crippen molar-refractivity contribution in [3.8, 4) is 0 Å². The van der Waals surface area contributed by atoms with Gasteiger partial charge in [-0.25, -0.2) is 0 Å². The second-order valence-corrected chi connectivity index (χ2v) is 4.56. The molecule has 64 valence electrons. The fraction of sp³-hybridized carbons (Fsp3) is 0. The van der Waals surface area contributed by atoms with Crippen LogP contribution in [0.2, 0.25) is 0 Å². The molecule has 6 heteroatoms. The summed E-state index contributed by atoms with van der Waals surface area (Å²) in [5.74, 6) is 0. The molecule has 1 aromatic carbocycles. The molecule has 0 aliphatic rings. The van der Waals surface area contributed by atoms with Crippen LogP contribution in [0.3, 0.4) is 0 Å². The molecular formula is C6H8O4Si2. The van der Waals surface area contributed by atoms with E-state index in [1.54, 1.807) is 12.1 Å². The standard InChI is InChI=1S/C6H8O4Si2/c7-11(8)5-3-1-2-4-6(5)12(9)10/h1-4,7-10H. The maximum absolute atomic E-state index is 8.90. The van der Waals surface area contributed by atoms with Gasteiger partial charge in [-0.2, -0.15) is 0 Å². The van der Waals surface area contributed by atoms with E-state index in [0.29, 0.717) is 0 Å². The number of hydrogen-bond acceptors (Lipinski definition) is 4. The molecule has 0 aliphatic carbocycles. The molecule has 0 spiro atoms. The van der Waals surface area contributed by atoms with Crippen molar-refractivity contribution >= 4 is 28.9 Å². The van der Waals surface area contributed by atoms with Crippen molar-refractivity contribution in [3.05, 3.63) is 24.3 Å². The minimum Gasteiger partial charge on any atom is -0.406 e. The predicted octanol–water partition coefficient (Wildman–Crippen LogP) is -2.95. The molecule has 0 aliphatic heterocycles. The van der Waals surface area contributed by atoms with E-state index in [9.17, 15) is 0 Å². The van der Waals surface area contributed by atoms with Gasteiger partial charge in [0.25, 0.3) is 0 Å². The van der Waals surface area contributed by atoms with Crippen molar-refractivity contribution in [2.75, 3.05) is 0 Å². The van der Waals surface area contributed by atoms with Crippen LogP contribution in [0.5, 0.6) is 0 Å². The van der Waals surface area contributed by atoms with Crippen LogP contribution in [-0.4, -0.2) is 37.8 Å². The van der Waals surface area contributed by atoms with Crippen LogP contribution in [0.15, 0.2) is 24.3 Å². The van der Waals surface area contributed by atoms with Crippen molar-refractivity contribution in [2.45, 2.75) is 0 Å². The molecule has 4 N–H and O–H groups in total. The molecule has 4 nitrogen and oxygen atoms in total. The second-order valence-electron chi connectivity index (χ2n) is 2.19. The molecule has 0 saturated carbocycles. The molecule has 0 atom stereocenters. The van der Waals surface area contributed by atoms with Gasteiger partial charge in [0.1, 0.15) is 0 Å². The van der Waals surface area contributed by atoms with E-state index in [0.717, 1.165) is 0 Å². The smallest absolute Gasteiger partial charge is 0.406 e. The monoisotopic (exact) mass is 200 g/mol. The van der Waals surface area contributed by atoms with Crippen LogP contribution in [0.4, 0.5) is 0 Å². The fourth-order valence-corrected chi connectivity index (χ4v) is 2.68. The number of benzene rings is 1. The van der Waals surface area contributed by atoms with Crippen LogP contribution in [0.1, 0.15) is 0 Å². The zero-order valence-corrected chi connectivity index (χ0v) is 8.10. The molecule has 0 amide bonds. The lowest BCUT2D eigenvalue weighted by atomic mass is 10.4. The molecule has 0 heterocycles. The van der Waals surface area contributed by atoms with E-state index in [4.69, 9.17) is 19.2 Å². The maximum atomic E-state index is 8.90. The molecule has 12 heavy (non-hydrogen) atoms. The summed E-state index contributed by atoms with van der Waals surface area (Å²) in [6.45, 7) is 0. The van der Waals surface area contributed by atoms with Crippen LogP contribution < -0.4 is 10.4 Å². The summed E-state index contributed by atoms with van der Waals surface area (Å²) in [4.78, 5) is 35.6. The Kier molecular flexibility index (Phi) is 3.15. The van der Waals surface area contributed by atoms with Crippen molar-refractivity contribution < 1.29 is 19.2 Å². The third-order valence-corrected chi connectivity index (χ3v) is 3.49. The van der Waals surface area contributed by atoms with Gasteiger partial charge < -0.3 is 19.2 Å². The Bertz CT molecular complexity index is 236. The van der Waals surface area contributed by atoms with Gasteiger partial charge in [0.05, 0.1) is 0 Å². The van der Waals surface area contributed by atoms with Crippen LogP contribution in [0.25, 0.3) is 0 Å². The average molecular weight is 200 g/mol. The normalized spacial score (nSPS) is 11.2. The Hall–Kier alpha value is -0.506. The van der Waals surface area contributed by atoms with Gasteiger partial charge in [-0.1, -0.05) is 24.3 Å². The number of rotatable bonds is 2. The van der Waals surface area contributed by atoms with Crippen LogP contribution in [-0.2, 0) is 0 Å². The van der Waals surface area contributed by atoms with Gasteiger partial charge in [0.2, 0.25) is 0 Å². The lowest BCUT2D eigenvalue weighted by Gasteiger charge is -2.06.